The average molecular weight is 416 g/mol. The van der Waals surface area contributed by atoms with Crippen molar-refractivity contribution < 1.29 is 19.1 Å². The molecule has 0 bridgehead atoms. The molecule has 0 aliphatic carbocycles. The van der Waals surface area contributed by atoms with Crippen molar-refractivity contribution >= 4 is 29.4 Å². The number of carbonyl (C=O) groups excluding carboxylic acids is 3. The number of halogens is 1. The minimum Gasteiger partial charge on any atom is -0.497 e. The molecule has 1 saturated heterocycles. The average Bonchev–Trinajstić information content (AvgIpc) is 2.98. The van der Waals surface area contributed by atoms with E-state index in [-0.39, 0.29) is 13.1 Å². The van der Waals surface area contributed by atoms with E-state index in [2.05, 4.69) is 10.6 Å². The van der Waals surface area contributed by atoms with E-state index >= 15 is 0 Å². The van der Waals surface area contributed by atoms with Gasteiger partial charge in [0.15, 0.2) is 0 Å². The summed E-state index contributed by atoms with van der Waals surface area (Å²) in [4.78, 5) is 38.9. The Morgan fingerprint density at radius 2 is 1.86 bits per heavy atom. The molecule has 0 unspecified atom stereocenters. The van der Waals surface area contributed by atoms with Gasteiger partial charge in [0.2, 0.25) is 5.91 Å². The Morgan fingerprint density at radius 1 is 1.17 bits per heavy atom. The number of ether oxygens (including phenoxy) is 1. The molecule has 7 nitrogen and oxygen atoms in total. The van der Waals surface area contributed by atoms with Crippen molar-refractivity contribution in [2.45, 2.75) is 25.4 Å². The van der Waals surface area contributed by atoms with Crippen molar-refractivity contribution in [1.82, 2.24) is 15.5 Å². The Labute approximate surface area is 174 Å². The summed E-state index contributed by atoms with van der Waals surface area (Å²) in [7, 11) is 1.55. The molecular weight excluding hydrogens is 394 g/mol. The number of methoxy groups -OCH3 is 1. The molecule has 1 heterocycles. The maximum absolute atomic E-state index is 13.1. The number of carbonyl (C=O) groups is 3. The van der Waals surface area contributed by atoms with E-state index in [0.29, 0.717) is 22.8 Å². The van der Waals surface area contributed by atoms with Crippen molar-refractivity contribution in [3.8, 4) is 5.75 Å². The first-order chi connectivity index (χ1) is 13.9. The van der Waals surface area contributed by atoms with Gasteiger partial charge in [-0.2, -0.15) is 0 Å². The molecule has 1 fully saturated rings. The Kier molecular flexibility index (Phi) is 6.08. The van der Waals surface area contributed by atoms with Crippen molar-refractivity contribution in [2.75, 3.05) is 13.7 Å². The molecule has 152 valence electrons. The zero-order chi connectivity index (χ0) is 21.0. The molecule has 3 rings (SSSR count). The lowest BCUT2D eigenvalue weighted by Crippen LogP contribution is -2.44. The SMILES string of the molecule is CC[C@]1(c2ccc(OC)cc2)NC(=O)N(CC(=O)NCc2ccccc2Cl)C1=O. The summed E-state index contributed by atoms with van der Waals surface area (Å²) in [5.74, 6) is -0.259. The third-order valence-corrected chi connectivity index (χ3v) is 5.39. The van der Waals surface area contributed by atoms with Crippen molar-refractivity contribution in [2.24, 2.45) is 0 Å². The lowest BCUT2D eigenvalue weighted by atomic mass is 9.87. The standard InChI is InChI=1S/C21H22ClN3O4/c1-3-21(15-8-10-16(29-2)11-9-15)19(27)25(20(28)24-21)13-18(26)23-12-14-6-4-5-7-17(14)22/h4-11H,3,12-13H2,1-2H3,(H,23,26)(H,24,28)/t21-/m1/s1. The number of imide groups is 1. The molecule has 0 spiro atoms. The summed E-state index contributed by atoms with van der Waals surface area (Å²) in [6.45, 7) is 1.65. The van der Waals surface area contributed by atoms with Crippen LogP contribution in [0, 0.1) is 0 Å². The summed E-state index contributed by atoms with van der Waals surface area (Å²) in [5.41, 5.74) is 0.186. The summed E-state index contributed by atoms with van der Waals surface area (Å²) < 4.78 is 5.15. The first-order valence-corrected chi connectivity index (χ1v) is 9.58. The van der Waals surface area contributed by atoms with E-state index in [1.54, 1.807) is 49.6 Å². The van der Waals surface area contributed by atoms with Gasteiger partial charge in [-0.1, -0.05) is 48.9 Å². The summed E-state index contributed by atoms with van der Waals surface area (Å²) in [6, 6.07) is 13.5. The molecule has 29 heavy (non-hydrogen) atoms. The number of hydrogen-bond donors (Lipinski definition) is 2. The third-order valence-electron chi connectivity index (χ3n) is 5.02. The molecule has 1 aliphatic heterocycles. The smallest absolute Gasteiger partial charge is 0.325 e. The highest BCUT2D eigenvalue weighted by molar-refractivity contribution is 6.31. The molecule has 8 heteroatoms. The van der Waals surface area contributed by atoms with E-state index in [0.717, 1.165) is 10.5 Å². The second-order valence-corrected chi connectivity index (χ2v) is 7.08. The molecule has 1 atom stereocenters. The van der Waals surface area contributed by atoms with Crippen molar-refractivity contribution in [1.29, 1.82) is 0 Å². The van der Waals surface area contributed by atoms with Crippen LogP contribution in [0.5, 0.6) is 5.75 Å². The fourth-order valence-electron chi connectivity index (χ4n) is 3.32. The first kappa shape index (κ1) is 20.7. The van der Waals surface area contributed by atoms with Crippen molar-refractivity contribution in [3.05, 3.63) is 64.7 Å². The van der Waals surface area contributed by atoms with E-state index in [4.69, 9.17) is 16.3 Å². The van der Waals surface area contributed by atoms with Gasteiger partial charge in [-0.25, -0.2) is 4.79 Å². The van der Waals surface area contributed by atoms with Crippen LogP contribution in [0.2, 0.25) is 5.02 Å². The Hall–Kier alpha value is -3.06. The van der Waals surface area contributed by atoms with Gasteiger partial charge >= 0.3 is 6.03 Å². The second kappa shape index (κ2) is 8.53. The third kappa shape index (κ3) is 4.05. The van der Waals surface area contributed by atoms with Gasteiger partial charge in [-0.15, -0.1) is 0 Å². The number of urea groups is 1. The number of hydrogen-bond acceptors (Lipinski definition) is 4. The Morgan fingerprint density at radius 3 is 2.48 bits per heavy atom. The van der Waals surface area contributed by atoms with Gasteiger partial charge in [0, 0.05) is 11.6 Å². The number of rotatable bonds is 7. The Balaban J connectivity index is 1.71. The quantitative estimate of drug-likeness (QED) is 0.681. The van der Waals surface area contributed by atoms with Crippen LogP contribution in [0.1, 0.15) is 24.5 Å². The Bertz CT molecular complexity index is 932. The molecule has 0 aromatic heterocycles. The maximum atomic E-state index is 13.1. The summed E-state index contributed by atoms with van der Waals surface area (Å²) in [6.07, 6.45) is 0.349. The number of amides is 4. The van der Waals surface area contributed by atoms with E-state index in [9.17, 15) is 14.4 Å². The molecule has 2 aromatic rings. The van der Waals surface area contributed by atoms with Crippen molar-refractivity contribution in [3.63, 3.8) is 0 Å². The van der Waals surface area contributed by atoms with E-state index < -0.39 is 23.4 Å². The van der Waals surface area contributed by atoms with Gasteiger partial charge in [0.1, 0.15) is 17.8 Å². The lowest BCUT2D eigenvalue weighted by molar-refractivity contribution is -0.135. The topological polar surface area (TPSA) is 87.7 Å². The maximum Gasteiger partial charge on any atom is 0.325 e. The fourth-order valence-corrected chi connectivity index (χ4v) is 3.52. The minimum absolute atomic E-state index is 0.208. The lowest BCUT2D eigenvalue weighted by Gasteiger charge is -2.26. The summed E-state index contributed by atoms with van der Waals surface area (Å²) in [5, 5.41) is 5.98. The van der Waals surface area contributed by atoms with Crippen LogP contribution in [0.25, 0.3) is 0 Å². The second-order valence-electron chi connectivity index (χ2n) is 6.68. The number of nitrogens with one attached hydrogen (secondary N) is 2. The zero-order valence-electron chi connectivity index (χ0n) is 16.2. The zero-order valence-corrected chi connectivity index (χ0v) is 17.0. The molecule has 0 radical (unpaired) electrons. The molecule has 4 amide bonds. The monoisotopic (exact) mass is 415 g/mol. The molecular formula is C21H22ClN3O4. The highest BCUT2D eigenvalue weighted by atomic mass is 35.5. The van der Waals surface area contributed by atoms with Crippen LogP contribution >= 0.6 is 11.6 Å². The largest absolute Gasteiger partial charge is 0.497 e. The van der Waals surface area contributed by atoms with Crippen LogP contribution < -0.4 is 15.4 Å². The van der Waals surface area contributed by atoms with Crippen LogP contribution in [0.15, 0.2) is 48.5 Å². The van der Waals surface area contributed by atoms with Gasteiger partial charge < -0.3 is 15.4 Å². The van der Waals surface area contributed by atoms with Crippen LogP contribution in [0.4, 0.5) is 4.79 Å². The fraction of sp³-hybridized carbons (Fsp3) is 0.286. The predicted octanol–water partition coefficient (Wildman–Crippen LogP) is 2.82. The van der Waals surface area contributed by atoms with Crippen LogP contribution in [-0.4, -0.2) is 36.4 Å². The van der Waals surface area contributed by atoms with E-state index in [1.165, 1.54) is 0 Å². The first-order valence-electron chi connectivity index (χ1n) is 9.20. The molecule has 2 N–H and O–H groups in total. The number of nitrogens with zero attached hydrogens (tertiary/aromatic N) is 1. The predicted molar refractivity (Wildman–Crippen MR) is 109 cm³/mol. The van der Waals surface area contributed by atoms with Gasteiger partial charge in [-0.05, 0) is 35.7 Å². The molecule has 0 saturated carbocycles. The minimum atomic E-state index is -1.20. The number of benzene rings is 2. The van der Waals surface area contributed by atoms with Gasteiger partial charge in [0.05, 0.1) is 7.11 Å². The highest BCUT2D eigenvalue weighted by Crippen LogP contribution is 2.33. The van der Waals surface area contributed by atoms with Gasteiger partial charge in [-0.3, -0.25) is 14.5 Å². The molecule has 2 aromatic carbocycles. The highest BCUT2D eigenvalue weighted by Gasteiger charge is 2.51. The van der Waals surface area contributed by atoms with Crippen LogP contribution in [-0.2, 0) is 21.7 Å². The summed E-state index contributed by atoms with van der Waals surface area (Å²) >= 11 is 6.08. The normalized spacial score (nSPS) is 18.5. The molecule has 1 aliphatic rings. The van der Waals surface area contributed by atoms with Crippen LogP contribution in [0.3, 0.4) is 0 Å². The van der Waals surface area contributed by atoms with Gasteiger partial charge in [0.25, 0.3) is 5.91 Å². The van der Waals surface area contributed by atoms with E-state index in [1.807, 2.05) is 13.0 Å².